The molecule has 8 heteroatoms. The van der Waals surface area contributed by atoms with Gasteiger partial charge in [-0.3, -0.25) is 9.52 Å². The van der Waals surface area contributed by atoms with Gasteiger partial charge >= 0.3 is 0 Å². The molecule has 0 aromatic heterocycles. The summed E-state index contributed by atoms with van der Waals surface area (Å²) >= 11 is 0. The molecule has 0 unspecified atom stereocenters. The normalized spacial score (nSPS) is 15.8. The highest BCUT2D eigenvalue weighted by Crippen LogP contribution is 2.20. The van der Waals surface area contributed by atoms with Crippen molar-refractivity contribution < 1.29 is 22.7 Å². The maximum Gasteiger partial charge on any atom is 0.263 e. The summed E-state index contributed by atoms with van der Waals surface area (Å²) in [7, 11) is -3.69. The van der Waals surface area contributed by atoms with Crippen LogP contribution in [0.1, 0.15) is 6.92 Å². The van der Waals surface area contributed by atoms with Crippen LogP contribution in [0.15, 0.2) is 59.5 Å². The Bertz CT molecular complexity index is 863. The fourth-order valence-corrected chi connectivity index (χ4v) is 3.77. The van der Waals surface area contributed by atoms with E-state index in [-0.39, 0.29) is 10.8 Å². The molecule has 0 saturated carbocycles. The first-order valence-electron chi connectivity index (χ1n) is 8.67. The van der Waals surface area contributed by atoms with Crippen LogP contribution < -0.4 is 9.46 Å². The van der Waals surface area contributed by atoms with E-state index in [9.17, 15) is 13.2 Å². The maximum absolute atomic E-state index is 12.4. The molecule has 2 aromatic rings. The SMILES string of the molecule is C[C@H](Oc1ccc(S(=O)(=O)Nc2ccccc2)cc1)C(=O)N1CCOCC1. The Morgan fingerprint density at radius 3 is 2.33 bits per heavy atom. The zero-order valence-corrected chi connectivity index (χ0v) is 15.8. The molecule has 1 aliphatic rings. The van der Waals surface area contributed by atoms with Gasteiger partial charge in [0.05, 0.1) is 18.1 Å². The highest BCUT2D eigenvalue weighted by molar-refractivity contribution is 7.92. The van der Waals surface area contributed by atoms with Gasteiger partial charge in [-0.2, -0.15) is 0 Å². The van der Waals surface area contributed by atoms with Crippen LogP contribution >= 0.6 is 0 Å². The molecule has 1 N–H and O–H groups in total. The van der Waals surface area contributed by atoms with Gasteiger partial charge in [-0.05, 0) is 43.3 Å². The molecule has 0 aliphatic carbocycles. The van der Waals surface area contributed by atoms with E-state index in [2.05, 4.69) is 4.72 Å². The van der Waals surface area contributed by atoms with Crippen LogP contribution in [-0.2, 0) is 19.6 Å². The van der Waals surface area contributed by atoms with Crippen LogP contribution in [0.4, 0.5) is 5.69 Å². The molecule has 1 heterocycles. The Kier molecular flexibility index (Phi) is 5.98. The number of morpholine rings is 1. The fraction of sp³-hybridized carbons (Fsp3) is 0.316. The van der Waals surface area contributed by atoms with E-state index in [1.807, 2.05) is 6.07 Å². The van der Waals surface area contributed by atoms with Gasteiger partial charge in [0.1, 0.15) is 5.75 Å². The number of sulfonamides is 1. The molecule has 1 atom stereocenters. The lowest BCUT2D eigenvalue weighted by Gasteiger charge is -2.29. The quantitative estimate of drug-likeness (QED) is 0.817. The van der Waals surface area contributed by atoms with Gasteiger partial charge in [-0.1, -0.05) is 18.2 Å². The van der Waals surface area contributed by atoms with E-state index in [0.29, 0.717) is 37.7 Å². The lowest BCUT2D eigenvalue weighted by atomic mass is 10.3. The minimum atomic E-state index is -3.69. The molecule has 0 radical (unpaired) electrons. The second-order valence-electron chi connectivity index (χ2n) is 6.14. The average Bonchev–Trinajstić information content (AvgIpc) is 2.69. The van der Waals surface area contributed by atoms with Crippen molar-refractivity contribution in [3.8, 4) is 5.75 Å². The highest BCUT2D eigenvalue weighted by Gasteiger charge is 2.24. The third kappa shape index (κ3) is 4.99. The van der Waals surface area contributed by atoms with Crippen molar-refractivity contribution in [3.05, 3.63) is 54.6 Å². The Morgan fingerprint density at radius 2 is 1.70 bits per heavy atom. The monoisotopic (exact) mass is 390 g/mol. The van der Waals surface area contributed by atoms with E-state index in [0.717, 1.165) is 0 Å². The second-order valence-corrected chi connectivity index (χ2v) is 7.82. The van der Waals surface area contributed by atoms with E-state index in [1.54, 1.807) is 48.2 Å². The number of ether oxygens (including phenoxy) is 2. The van der Waals surface area contributed by atoms with Crippen molar-refractivity contribution >= 4 is 21.6 Å². The zero-order valence-electron chi connectivity index (χ0n) is 15.0. The molecule has 0 spiro atoms. The molecule has 2 aromatic carbocycles. The Morgan fingerprint density at radius 1 is 1.07 bits per heavy atom. The summed E-state index contributed by atoms with van der Waals surface area (Å²) in [4.78, 5) is 14.2. The third-order valence-corrected chi connectivity index (χ3v) is 5.54. The number of benzene rings is 2. The molecule has 1 fully saturated rings. The number of hydrogen-bond acceptors (Lipinski definition) is 5. The molecular weight excluding hydrogens is 368 g/mol. The van der Waals surface area contributed by atoms with E-state index in [1.165, 1.54) is 12.1 Å². The summed E-state index contributed by atoms with van der Waals surface area (Å²) in [5, 5.41) is 0. The number of rotatable bonds is 6. The van der Waals surface area contributed by atoms with Crippen LogP contribution in [0.3, 0.4) is 0 Å². The second kappa shape index (κ2) is 8.41. The predicted octanol–water partition coefficient (Wildman–Crippen LogP) is 2.11. The van der Waals surface area contributed by atoms with Crippen LogP contribution in [0.25, 0.3) is 0 Å². The maximum atomic E-state index is 12.4. The number of anilines is 1. The van der Waals surface area contributed by atoms with Gasteiger partial charge in [-0.25, -0.2) is 8.42 Å². The van der Waals surface area contributed by atoms with Gasteiger partial charge in [0.15, 0.2) is 6.10 Å². The smallest absolute Gasteiger partial charge is 0.263 e. The number of para-hydroxylation sites is 1. The molecular formula is C19H22N2O5S. The first-order chi connectivity index (χ1) is 13.0. The first-order valence-corrected chi connectivity index (χ1v) is 10.2. The zero-order chi connectivity index (χ0) is 19.3. The van der Waals surface area contributed by atoms with Crippen LogP contribution in [0, 0.1) is 0 Å². The third-order valence-electron chi connectivity index (χ3n) is 4.14. The summed E-state index contributed by atoms with van der Waals surface area (Å²) in [6.07, 6.45) is -0.659. The lowest BCUT2D eigenvalue weighted by Crippen LogP contribution is -2.46. The van der Waals surface area contributed by atoms with Gasteiger partial charge in [0, 0.05) is 18.8 Å². The summed E-state index contributed by atoms with van der Waals surface area (Å²) in [5.41, 5.74) is 0.488. The van der Waals surface area contributed by atoms with Crippen LogP contribution in [0.5, 0.6) is 5.75 Å². The minimum Gasteiger partial charge on any atom is -0.481 e. The molecule has 1 aliphatic heterocycles. The number of nitrogens with one attached hydrogen (secondary N) is 1. The highest BCUT2D eigenvalue weighted by atomic mass is 32.2. The largest absolute Gasteiger partial charge is 0.481 e. The standard InChI is InChI=1S/C19H22N2O5S/c1-15(19(22)21-11-13-25-14-12-21)26-17-7-9-18(10-8-17)27(23,24)20-16-5-3-2-4-6-16/h2-10,15,20H,11-14H2,1H3/t15-/m0/s1. The van der Waals surface area contributed by atoms with E-state index >= 15 is 0 Å². The van der Waals surface area contributed by atoms with Gasteiger partial charge in [-0.15, -0.1) is 0 Å². The van der Waals surface area contributed by atoms with Crippen LogP contribution in [-0.4, -0.2) is 51.6 Å². The van der Waals surface area contributed by atoms with Crippen molar-refractivity contribution in [1.82, 2.24) is 4.90 Å². The topological polar surface area (TPSA) is 84.9 Å². The van der Waals surface area contributed by atoms with E-state index < -0.39 is 16.1 Å². The number of hydrogen-bond donors (Lipinski definition) is 1. The van der Waals surface area contributed by atoms with Gasteiger partial charge in [0.2, 0.25) is 0 Å². The fourth-order valence-electron chi connectivity index (χ4n) is 2.71. The van der Waals surface area contributed by atoms with Gasteiger partial charge in [0.25, 0.3) is 15.9 Å². The van der Waals surface area contributed by atoms with Crippen molar-refractivity contribution in [1.29, 1.82) is 0 Å². The Balaban J connectivity index is 1.63. The Labute approximate surface area is 158 Å². The van der Waals surface area contributed by atoms with Crippen molar-refractivity contribution in [2.24, 2.45) is 0 Å². The molecule has 27 heavy (non-hydrogen) atoms. The minimum absolute atomic E-state index is 0.110. The molecule has 144 valence electrons. The number of carbonyl (C=O) groups excluding carboxylic acids is 1. The first kappa shape index (κ1) is 19.2. The summed E-state index contributed by atoms with van der Waals surface area (Å²) in [6.45, 7) is 3.84. The number of nitrogens with zero attached hydrogens (tertiary/aromatic N) is 1. The summed E-state index contributed by atoms with van der Waals surface area (Å²) in [5.74, 6) is 0.323. The van der Waals surface area contributed by atoms with Gasteiger partial charge < -0.3 is 14.4 Å². The van der Waals surface area contributed by atoms with Crippen molar-refractivity contribution in [2.75, 3.05) is 31.0 Å². The van der Waals surface area contributed by atoms with Crippen molar-refractivity contribution in [2.45, 2.75) is 17.9 Å². The number of amides is 1. The molecule has 3 rings (SSSR count). The average molecular weight is 390 g/mol. The molecule has 1 saturated heterocycles. The van der Waals surface area contributed by atoms with Crippen molar-refractivity contribution in [3.63, 3.8) is 0 Å². The molecule has 7 nitrogen and oxygen atoms in total. The molecule has 0 bridgehead atoms. The number of carbonyl (C=O) groups is 1. The summed E-state index contributed by atoms with van der Waals surface area (Å²) < 4.78 is 38.3. The lowest BCUT2D eigenvalue weighted by molar-refractivity contribution is -0.142. The van der Waals surface area contributed by atoms with Crippen LogP contribution in [0.2, 0.25) is 0 Å². The van der Waals surface area contributed by atoms with E-state index in [4.69, 9.17) is 9.47 Å². The molecule has 1 amide bonds. The summed E-state index contributed by atoms with van der Waals surface area (Å²) in [6, 6.07) is 14.7. The predicted molar refractivity (Wildman–Crippen MR) is 101 cm³/mol. The Hall–Kier alpha value is -2.58.